The van der Waals surface area contributed by atoms with Gasteiger partial charge in [-0.05, 0) is 25.0 Å². The molecule has 0 radical (unpaired) electrons. The molecule has 8 heteroatoms. The summed E-state index contributed by atoms with van der Waals surface area (Å²) in [4.78, 5) is 22.3. The largest absolute Gasteiger partial charge is 0.321 e. The molecular formula is C14H17F3N2O3. The van der Waals surface area contributed by atoms with Crippen molar-refractivity contribution in [2.24, 2.45) is 0 Å². The van der Waals surface area contributed by atoms with E-state index in [1.807, 2.05) is 5.32 Å². The molecule has 0 bridgehead atoms. The summed E-state index contributed by atoms with van der Waals surface area (Å²) in [6.07, 6.45) is 2.54. The van der Waals surface area contributed by atoms with E-state index in [9.17, 15) is 22.8 Å². The molecule has 22 heavy (non-hydrogen) atoms. The maximum atomic E-state index is 13.3. The zero-order valence-electron chi connectivity index (χ0n) is 11.8. The van der Waals surface area contributed by atoms with Gasteiger partial charge in [0.15, 0.2) is 11.6 Å². The highest BCUT2D eigenvalue weighted by Crippen LogP contribution is 2.21. The lowest BCUT2D eigenvalue weighted by molar-refractivity contribution is -0.129. The van der Waals surface area contributed by atoms with Gasteiger partial charge < -0.3 is 5.32 Å². The van der Waals surface area contributed by atoms with Crippen LogP contribution in [0.5, 0.6) is 0 Å². The molecule has 0 heterocycles. The van der Waals surface area contributed by atoms with E-state index in [1.165, 1.54) is 5.48 Å². The molecule has 0 saturated carbocycles. The fourth-order valence-electron chi connectivity index (χ4n) is 1.82. The van der Waals surface area contributed by atoms with Crippen LogP contribution in [0.25, 0.3) is 0 Å². The molecule has 0 atom stereocenters. The highest BCUT2D eigenvalue weighted by molar-refractivity contribution is 5.90. The molecule has 1 aromatic carbocycles. The van der Waals surface area contributed by atoms with Crippen molar-refractivity contribution in [1.29, 1.82) is 0 Å². The predicted molar refractivity (Wildman–Crippen MR) is 72.6 cm³/mol. The van der Waals surface area contributed by atoms with Gasteiger partial charge in [-0.2, -0.15) is 0 Å². The first-order valence-corrected chi connectivity index (χ1v) is 6.82. The minimum atomic E-state index is -1.43. The molecule has 3 N–H and O–H groups in total. The van der Waals surface area contributed by atoms with Crippen LogP contribution in [0.1, 0.15) is 38.5 Å². The van der Waals surface area contributed by atoms with Crippen LogP contribution in [0.2, 0.25) is 0 Å². The van der Waals surface area contributed by atoms with Crippen molar-refractivity contribution in [3.8, 4) is 0 Å². The number of hydrogen-bond donors (Lipinski definition) is 3. The van der Waals surface area contributed by atoms with Gasteiger partial charge in [-0.1, -0.05) is 12.8 Å². The number of hydroxylamine groups is 1. The van der Waals surface area contributed by atoms with Gasteiger partial charge in [-0.3, -0.25) is 14.8 Å². The van der Waals surface area contributed by atoms with Crippen molar-refractivity contribution >= 4 is 17.5 Å². The Hall–Kier alpha value is -2.09. The fourth-order valence-corrected chi connectivity index (χ4v) is 1.82. The number of anilines is 1. The number of benzene rings is 1. The van der Waals surface area contributed by atoms with Gasteiger partial charge in [0.2, 0.25) is 11.8 Å². The minimum absolute atomic E-state index is 0.0294. The van der Waals surface area contributed by atoms with Crippen LogP contribution >= 0.6 is 0 Å². The van der Waals surface area contributed by atoms with E-state index in [4.69, 9.17) is 5.21 Å². The quantitative estimate of drug-likeness (QED) is 0.298. The average Bonchev–Trinajstić information content (AvgIpc) is 2.50. The number of unbranched alkanes of at least 4 members (excludes halogenated alkanes) is 3. The smallest absolute Gasteiger partial charge is 0.243 e. The van der Waals surface area contributed by atoms with E-state index in [-0.39, 0.29) is 12.8 Å². The number of halogens is 3. The Balaban J connectivity index is 2.30. The molecule has 2 amide bonds. The van der Waals surface area contributed by atoms with E-state index in [0.717, 1.165) is 6.07 Å². The monoisotopic (exact) mass is 318 g/mol. The number of nitrogens with one attached hydrogen (secondary N) is 2. The molecule has 0 saturated heterocycles. The Kier molecular flexibility index (Phi) is 7.38. The number of rotatable bonds is 8. The maximum absolute atomic E-state index is 13.3. The maximum Gasteiger partial charge on any atom is 0.243 e. The second kappa shape index (κ2) is 9.04. The summed E-state index contributed by atoms with van der Waals surface area (Å²) in [5, 5.41) is 10.3. The third-order valence-corrected chi connectivity index (χ3v) is 2.99. The van der Waals surface area contributed by atoms with Gasteiger partial charge >= 0.3 is 0 Å². The van der Waals surface area contributed by atoms with E-state index < -0.39 is 35.0 Å². The van der Waals surface area contributed by atoms with Gasteiger partial charge in [-0.25, -0.2) is 18.7 Å². The number of amides is 2. The summed E-state index contributed by atoms with van der Waals surface area (Å²) in [6, 6.07) is 1.38. The molecule has 0 aliphatic heterocycles. The van der Waals surface area contributed by atoms with Crippen molar-refractivity contribution in [3.05, 3.63) is 29.6 Å². The van der Waals surface area contributed by atoms with Crippen LogP contribution in [0, 0.1) is 17.5 Å². The van der Waals surface area contributed by atoms with Crippen molar-refractivity contribution in [2.75, 3.05) is 5.32 Å². The number of carbonyl (C=O) groups is 2. The molecule has 0 spiro atoms. The number of carbonyl (C=O) groups excluding carboxylic acids is 2. The molecule has 0 aliphatic rings. The number of hydrogen-bond acceptors (Lipinski definition) is 3. The zero-order valence-corrected chi connectivity index (χ0v) is 11.8. The van der Waals surface area contributed by atoms with Crippen LogP contribution < -0.4 is 10.8 Å². The molecule has 0 unspecified atom stereocenters. The summed E-state index contributed by atoms with van der Waals surface area (Å²) >= 11 is 0. The summed E-state index contributed by atoms with van der Waals surface area (Å²) in [5.74, 6) is -4.80. The normalized spacial score (nSPS) is 10.4. The Labute approximate surface area is 125 Å². The Morgan fingerprint density at radius 1 is 0.909 bits per heavy atom. The molecular weight excluding hydrogens is 301 g/mol. The zero-order chi connectivity index (χ0) is 16.5. The van der Waals surface area contributed by atoms with E-state index >= 15 is 0 Å². The van der Waals surface area contributed by atoms with Crippen molar-refractivity contribution in [2.45, 2.75) is 38.5 Å². The third kappa shape index (κ3) is 5.72. The molecule has 5 nitrogen and oxygen atoms in total. The summed E-state index contributed by atoms with van der Waals surface area (Å²) in [7, 11) is 0. The van der Waals surface area contributed by atoms with E-state index in [1.54, 1.807) is 0 Å². The molecule has 0 fully saturated rings. The Morgan fingerprint density at radius 3 is 2.05 bits per heavy atom. The van der Waals surface area contributed by atoms with Gasteiger partial charge in [-0.15, -0.1) is 0 Å². The van der Waals surface area contributed by atoms with Gasteiger partial charge in [0.25, 0.3) is 0 Å². The molecule has 1 aromatic rings. The van der Waals surface area contributed by atoms with Gasteiger partial charge in [0.1, 0.15) is 11.5 Å². The Bertz CT molecular complexity index is 538. The second-order valence-electron chi connectivity index (χ2n) is 4.72. The highest BCUT2D eigenvalue weighted by Gasteiger charge is 2.15. The molecule has 1 rings (SSSR count). The Morgan fingerprint density at radius 2 is 1.45 bits per heavy atom. The highest BCUT2D eigenvalue weighted by atomic mass is 19.2. The second-order valence-corrected chi connectivity index (χ2v) is 4.72. The summed E-state index contributed by atoms with van der Waals surface area (Å²) in [5.41, 5.74) is 0.724. The van der Waals surface area contributed by atoms with Crippen LogP contribution in [-0.2, 0) is 9.59 Å². The average molecular weight is 318 g/mol. The lowest BCUT2D eigenvalue weighted by Crippen LogP contribution is -2.17. The van der Waals surface area contributed by atoms with Gasteiger partial charge in [0.05, 0.1) is 0 Å². The summed E-state index contributed by atoms with van der Waals surface area (Å²) < 4.78 is 39.6. The fraction of sp³-hybridized carbons (Fsp3) is 0.429. The first kappa shape index (κ1) is 18.0. The first-order chi connectivity index (χ1) is 10.5. The van der Waals surface area contributed by atoms with E-state index in [2.05, 4.69) is 0 Å². The van der Waals surface area contributed by atoms with Crippen molar-refractivity contribution in [3.63, 3.8) is 0 Å². The molecule has 0 aliphatic carbocycles. The first-order valence-electron chi connectivity index (χ1n) is 6.82. The third-order valence-electron chi connectivity index (χ3n) is 2.99. The van der Waals surface area contributed by atoms with Crippen LogP contribution in [-0.4, -0.2) is 17.0 Å². The standard InChI is InChI=1S/C14H17F3N2O3/c15-9-7-8-10(16)14(13(9)17)18-11(20)5-3-1-2-4-6-12(21)19-22/h7-8,22H,1-6H2,(H,18,20)(H,19,21). The lowest BCUT2D eigenvalue weighted by Gasteiger charge is -2.08. The van der Waals surface area contributed by atoms with Crippen LogP contribution in [0.15, 0.2) is 12.1 Å². The minimum Gasteiger partial charge on any atom is -0.321 e. The van der Waals surface area contributed by atoms with Crippen molar-refractivity contribution < 1.29 is 28.0 Å². The molecule has 0 aromatic heterocycles. The van der Waals surface area contributed by atoms with Gasteiger partial charge in [0, 0.05) is 12.8 Å². The lowest BCUT2D eigenvalue weighted by atomic mass is 10.1. The molecule has 122 valence electrons. The van der Waals surface area contributed by atoms with Crippen molar-refractivity contribution in [1.82, 2.24) is 5.48 Å². The van der Waals surface area contributed by atoms with E-state index in [0.29, 0.717) is 31.7 Å². The SMILES string of the molecule is O=C(CCCCCCC(=O)Nc1c(F)ccc(F)c1F)NO. The van der Waals surface area contributed by atoms with Crippen LogP contribution in [0.3, 0.4) is 0 Å². The topological polar surface area (TPSA) is 78.4 Å². The summed E-state index contributed by atoms with van der Waals surface area (Å²) in [6.45, 7) is 0. The predicted octanol–water partition coefficient (Wildman–Crippen LogP) is 2.89. The van der Waals surface area contributed by atoms with Crippen LogP contribution in [0.4, 0.5) is 18.9 Å².